The summed E-state index contributed by atoms with van der Waals surface area (Å²) in [6, 6.07) is 6.06. The van der Waals surface area contributed by atoms with Crippen molar-refractivity contribution in [2.45, 2.75) is 19.9 Å². The lowest BCUT2D eigenvalue weighted by Gasteiger charge is -2.17. The molecule has 152 valence electrons. The lowest BCUT2D eigenvalue weighted by molar-refractivity contribution is 0.145. The van der Waals surface area contributed by atoms with Gasteiger partial charge in [0, 0.05) is 45.9 Å². The predicted molar refractivity (Wildman–Crippen MR) is 107 cm³/mol. The van der Waals surface area contributed by atoms with Crippen LogP contribution in [0.5, 0.6) is 5.75 Å². The summed E-state index contributed by atoms with van der Waals surface area (Å²) >= 11 is 0. The fourth-order valence-corrected chi connectivity index (χ4v) is 4.35. The van der Waals surface area contributed by atoms with Crippen molar-refractivity contribution in [1.82, 2.24) is 14.9 Å². The molecule has 1 aliphatic rings. The lowest BCUT2D eigenvalue weighted by atomic mass is 10.1. The molecular weight excluding hydrogens is 368 g/mol. The Morgan fingerprint density at radius 2 is 2.11 bits per heavy atom. The maximum Gasteiger partial charge on any atom is 0.214 e. The Bertz CT molecular complexity index is 737. The van der Waals surface area contributed by atoms with Crippen molar-refractivity contribution >= 4 is 16.0 Å². The molecule has 0 bridgehead atoms. The maximum atomic E-state index is 11.8. The van der Waals surface area contributed by atoms with Crippen LogP contribution in [0.2, 0.25) is 0 Å². The summed E-state index contributed by atoms with van der Waals surface area (Å²) < 4.78 is 36.0. The van der Waals surface area contributed by atoms with Gasteiger partial charge < -0.3 is 20.1 Å². The van der Waals surface area contributed by atoms with Crippen LogP contribution in [0.3, 0.4) is 0 Å². The summed E-state index contributed by atoms with van der Waals surface area (Å²) in [4.78, 5) is 4.19. The number of guanidine groups is 1. The topological polar surface area (TPSA) is 92.3 Å². The van der Waals surface area contributed by atoms with Crippen LogP contribution in [-0.2, 0) is 21.3 Å². The van der Waals surface area contributed by atoms with E-state index in [-0.39, 0.29) is 5.75 Å². The number of methoxy groups -OCH3 is 1. The van der Waals surface area contributed by atoms with E-state index in [1.54, 1.807) is 14.2 Å². The molecule has 1 heterocycles. The lowest BCUT2D eigenvalue weighted by Crippen LogP contribution is -2.41. The predicted octanol–water partition coefficient (Wildman–Crippen LogP) is 0.721. The first-order valence-corrected chi connectivity index (χ1v) is 10.7. The molecule has 2 rings (SSSR count). The molecule has 0 atom stereocenters. The van der Waals surface area contributed by atoms with Gasteiger partial charge in [0.2, 0.25) is 10.0 Å². The Hall–Kier alpha value is -1.84. The molecule has 0 spiro atoms. The number of rotatable bonds is 9. The number of sulfonamides is 1. The van der Waals surface area contributed by atoms with Crippen LogP contribution in [0.4, 0.5) is 0 Å². The normalized spacial score (nSPS) is 17.1. The van der Waals surface area contributed by atoms with Gasteiger partial charge in [-0.15, -0.1) is 0 Å². The van der Waals surface area contributed by atoms with Crippen LogP contribution in [0, 0.1) is 6.92 Å². The van der Waals surface area contributed by atoms with Gasteiger partial charge in [-0.3, -0.25) is 4.99 Å². The van der Waals surface area contributed by atoms with E-state index < -0.39 is 10.0 Å². The van der Waals surface area contributed by atoms with E-state index in [1.807, 2.05) is 25.1 Å². The van der Waals surface area contributed by atoms with Gasteiger partial charge in [0.05, 0.1) is 12.4 Å². The number of aryl methyl sites for hydroxylation is 1. The average molecular weight is 399 g/mol. The second-order valence-electron chi connectivity index (χ2n) is 6.37. The smallest absolute Gasteiger partial charge is 0.214 e. The Morgan fingerprint density at radius 1 is 1.30 bits per heavy atom. The van der Waals surface area contributed by atoms with Crippen molar-refractivity contribution < 1.29 is 17.9 Å². The standard InChI is InChI=1S/C18H30N4O4S/c1-15-5-6-16(17(13-15)26-11-10-25-3)14-21-18(19-2)20-7-9-22-8-4-12-27(22,23)24/h5-6,13H,4,7-12,14H2,1-3H3,(H2,19,20,21). The van der Waals surface area contributed by atoms with Crippen molar-refractivity contribution in [2.24, 2.45) is 4.99 Å². The molecule has 0 saturated carbocycles. The summed E-state index contributed by atoms with van der Waals surface area (Å²) in [5.41, 5.74) is 2.14. The molecule has 1 aromatic carbocycles. The zero-order valence-corrected chi connectivity index (χ0v) is 17.1. The molecule has 1 fully saturated rings. The average Bonchev–Trinajstić information content (AvgIpc) is 2.97. The number of hydrogen-bond donors (Lipinski definition) is 2. The molecule has 8 nitrogen and oxygen atoms in total. The molecule has 0 amide bonds. The largest absolute Gasteiger partial charge is 0.491 e. The van der Waals surface area contributed by atoms with Gasteiger partial charge in [-0.2, -0.15) is 0 Å². The number of aliphatic imine (C=N–C) groups is 1. The van der Waals surface area contributed by atoms with Gasteiger partial charge in [-0.1, -0.05) is 12.1 Å². The molecule has 1 saturated heterocycles. The molecule has 0 aromatic heterocycles. The highest BCUT2D eigenvalue weighted by Gasteiger charge is 2.27. The van der Waals surface area contributed by atoms with Gasteiger partial charge in [-0.25, -0.2) is 12.7 Å². The van der Waals surface area contributed by atoms with E-state index in [2.05, 4.69) is 15.6 Å². The molecule has 1 aliphatic heterocycles. The third-order valence-corrected chi connectivity index (χ3v) is 6.25. The third-order valence-electron chi connectivity index (χ3n) is 4.29. The molecule has 0 radical (unpaired) electrons. The highest BCUT2D eigenvalue weighted by Crippen LogP contribution is 2.20. The minimum atomic E-state index is -3.06. The Morgan fingerprint density at radius 3 is 2.78 bits per heavy atom. The van der Waals surface area contributed by atoms with Crippen LogP contribution in [0.15, 0.2) is 23.2 Å². The number of ether oxygens (including phenoxy) is 2. The van der Waals surface area contributed by atoms with Crippen molar-refractivity contribution in [3.63, 3.8) is 0 Å². The van der Waals surface area contributed by atoms with E-state index >= 15 is 0 Å². The van der Waals surface area contributed by atoms with Crippen molar-refractivity contribution in [3.05, 3.63) is 29.3 Å². The fourth-order valence-electron chi connectivity index (χ4n) is 2.82. The van der Waals surface area contributed by atoms with E-state index in [9.17, 15) is 8.42 Å². The minimum absolute atomic E-state index is 0.249. The first kappa shape index (κ1) is 21.5. The summed E-state index contributed by atoms with van der Waals surface area (Å²) in [6.07, 6.45) is 0.703. The Labute approximate surface area is 162 Å². The number of benzene rings is 1. The monoisotopic (exact) mass is 398 g/mol. The van der Waals surface area contributed by atoms with Crippen molar-refractivity contribution in [3.8, 4) is 5.75 Å². The molecule has 0 unspecified atom stereocenters. The summed E-state index contributed by atoms with van der Waals surface area (Å²) in [7, 11) is 0.270. The van der Waals surface area contributed by atoms with Gasteiger partial charge in [-0.05, 0) is 25.0 Å². The number of hydrogen-bond acceptors (Lipinski definition) is 5. The second kappa shape index (κ2) is 10.5. The zero-order valence-electron chi connectivity index (χ0n) is 16.3. The summed E-state index contributed by atoms with van der Waals surface area (Å²) in [6.45, 7) is 5.13. The maximum absolute atomic E-state index is 11.8. The molecular formula is C18H30N4O4S. The van der Waals surface area contributed by atoms with Gasteiger partial charge in [0.25, 0.3) is 0 Å². The van der Waals surface area contributed by atoms with E-state index in [4.69, 9.17) is 9.47 Å². The number of nitrogens with one attached hydrogen (secondary N) is 2. The first-order valence-electron chi connectivity index (χ1n) is 9.10. The highest BCUT2D eigenvalue weighted by molar-refractivity contribution is 7.89. The SMILES string of the molecule is CN=C(NCCN1CCCS1(=O)=O)NCc1ccc(C)cc1OCCOC. The quantitative estimate of drug-likeness (QED) is 0.362. The van der Waals surface area contributed by atoms with Crippen molar-refractivity contribution in [1.29, 1.82) is 0 Å². The van der Waals surface area contributed by atoms with Crippen LogP contribution in [-0.4, -0.2) is 71.4 Å². The van der Waals surface area contributed by atoms with E-state index in [1.165, 1.54) is 4.31 Å². The Kier molecular flexibility index (Phi) is 8.33. The van der Waals surface area contributed by atoms with E-state index in [0.29, 0.717) is 51.8 Å². The highest BCUT2D eigenvalue weighted by atomic mass is 32.2. The third kappa shape index (κ3) is 6.67. The summed E-state index contributed by atoms with van der Waals surface area (Å²) in [5, 5.41) is 6.40. The first-order chi connectivity index (χ1) is 13.0. The van der Waals surface area contributed by atoms with Crippen LogP contribution >= 0.6 is 0 Å². The van der Waals surface area contributed by atoms with E-state index in [0.717, 1.165) is 16.9 Å². The molecule has 2 N–H and O–H groups in total. The van der Waals surface area contributed by atoms with Crippen molar-refractivity contribution in [2.75, 3.05) is 52.8 Å². The van der Waals surface area contributed by atoms with Gasteiger partial charge in [0.1, 0.15) is 12.4 Å². The number of nitrogens with zero attached hydrogens (tertiary/aromatic N) is 2. The van der Waals surface area contributed by atoms with Gasteiger partial charge in [0.15, 0.2) is 5.96 Å². The Balaban J connectivity index is 1.84. The second-order valence-corrected chi connectivity index (χ2v) is 8.46. The molecule has 27 heavy (non-hydrogen) atoms. The summed E-state index contributed by atoms with van der Waals surface area (Å²) in [5.74, 6) is 1.69. The zero-order chi connectivity index (χ0) is 19.7. The molecule has 1 aromatic rings. The van der Waals surface area contributed by atoms with Crippen LogP contribution in [0.25, 0.3) is 0 Å². The van der Waals surface area contributed by atoms with Gasteiger partial charge >= 0.3 is 0 Å². The molecule has 0 aliphatic carbocycles. The minimum Gasteiger partial charge on any atom is -0.491 e. The van der Waals surface area contributed by atoms with Crippen LogP contribution < -0.4 is 15.4 Å². The fraction of sp³-hybridized carbons (Fsp3) is 0.611. The van der Waals surface area contributed by atoms with Crippen LogP contribution in [0.1, 0.15) is 17.5 Å². The molecule has 9 heteroatoms.